The molecule has 1 atom stereocenters. The van der Waals surface area contributed by atoms with E-state index in [9.17, 15) is 26.4 Å². The average Bonchev–Trinajstić information content (AvgIpc) is 2.82. The number of halogens is 3. The highest BCUT2D eigenvalue weighted by Gasteiger charge is 2.33. The molecule has 0 unspecified atom stereocenters. The molecule has 192 valence electrons. The van der Waals surface area contributed by atoms with Crippen LogP contribution in [-0.4, -0.2) is 20.9 Å². The summed E-state index contributed by atoms with van der Waals surface area (Å²) in [6.45, 7) is 5.10. The van der Waals surface area contributed by atoms with Crippen LogP contribution in [0, 0.1) is 12.8 Å². The molecule has 0 aliphatic heterocycles. The van der Waals surface area contributed by atoms with Gasteiger partial charge in [0.15, 0.2) is 0 Å². The molecule has 0 aliphatic carbocycles. The number of hydrogen-bond donors (Lipinski definition) is 1. The standard InChI is InChI=1S/C27H29F3N2O3S/c1-19(2)16-25(21-8-5-4-6-9-21)31-26(33)18-32(23-11-7-10-22(17-23)27(28,29)30)36(34,35)24-14-12-20(3)13-15-24/h4-15,17,19,25H,16,18H2,1-3H3,(H,31,33)/t25-/m0/s1. The van der Waals surface area contributed by atoms with Gasteiger partial charge in [0.25, 0.3) is 10.0 Å². The molecule has 9 heteroatoms. The van der Waals surface area contributed by atoms with Gasteiger partial charge in [-0.15, -0.1) is 0 Å². The topological polar surface area (TPSA) is 66.5 Å². The summed E-state index contributed by atoms with van der Waals surface area (Å²) in [5.74, 6) is -0.399. The van der Waals surface area contributed by atoms with E-state index in [1.807, 2.05) is 44.2 Å². The summed E-state index contributed by atoms with van der Waals surface area (Å²) in [4.78, 5) is 13.0. The normalized spacial score (nSPS) is 12.9. The fraction of sp³-hybridized carbons (Fsp3) is 0.296. The second-order valence-corrected chi connectivity index (χ2v) is 10.9. The quantitative estimate of drug-likeness (QED) is 0.372. The lowest BCUT2D eigenvalue weighted by atomic mass is 9.97. The maximum atomic E-state index is 13.5. The number of nitrogens with one attached hydrogen (secondary N) is 1. The van der Waals surface area contributed by atoms with E-state index in [-0.39, 0.29) is 22.5 Å². The predicted octanol–water partition coefficient (Wildman–Crippen LogP) is 6.11. The van der Waals surface area contributed by atoms with Crippen molar-refractivity contribution in [2.45, 2.75) is 44.3 Å². The molecule has 0 spiro atoms. The van der Waals surface area contributed by atoms with Gasteiger partial charge in [0, 0.05) is 0 Å². The highest BCUT2D eigenvalue weighted by atomic mass is 32.2. The van der Waals surface area contributed by atoms with Gasteiger partial charge in [-0.25, -0.2) is 8.42 Å². The highest BCUT2D eigenvalue weighted by molar-refractivity contribution is 7.92. The minimum absolute atomic E-state index is 0.125. The fourth-order valence-electron chi connectivity index (χ4n) is 3.80. The maximum Gasteiger partial charge on any atom is 0.416 e. The second kappa shape index (κ2) is 11.2. The van der Waals surface area contributed by atoms with E-state index in [2.05, 4.69) is 5.32 Å². The van der Waals surface area contributed by atoms with E-state index in [1.54, 1.807) is 19.1 Å². The second-order valence-electron chi connectivity index (χ2n) is 9.03. The molecule has 0 saturated carbocycles. The van der Waals surface area contributed by atoms with Crippen LogP contribution in [0.25, 0.3) is 0 Å². The number of anilines is 1. The van der Waals surface area contributed by atoms with E-state index >= 15 is 0 Å². The first-order chi connectivity index (χ1) is 16.9. The molecule has 0 radical (unpaired) electrons. The summed E-state index contributed by atoms with van der Waals surface area (Å²) < 4.78 is 68.0. The number of nitrogens with zero attached hydrogens (tertiary/aromatic N) is 1. The molecule has 0 bridgehead atoms. The third-order valence-corrected chi connectivity index (χ3v) is 7.39. The van der Waals surface area contributed by atoms with Crippen LogP contribution in [0.2, 0.25) is 0 Å². The Bertz CT molecular complexity index is 1280. The van der Waals surface area contributed by atoms with E-state index in [4.69, 9.17) is 0 Å². The molecule has 1 N–H and O–H groups in total. The molecule has 3 aromatic rings. The molecular weight excluding hydrogens is 489 g/mol. The van der Waals surface area contributed by atoms with Gasteiger partial charge in [0.2, 0.25) is 5.91 Å². The third kappa shape index (κ3) is 6.87. The van der Waals surface area contributed by atoms with Crippen LogP contribution in [0.3, 0.4) is 0 Å². The van der Waals surface area contributed by atoms with Crippen LogP contribution in [0.5, 0.6) is 0 Å². The highest BCUT2D eigenvalue weighted by Crippen LogP contribution is 2.33. The van der Waals surface area contributed by atoms with E-state index in [0.29, 0.717) is 6.42 Å². The largest absolute Gasteiger partial charge is 0.416 e. The summed E-state index contributed by atoms with van der Waals surface area (Å²) in [6, 6.07) is 18.7. The van der Waals surface area contributed by atoms with E-state index in [0.717, 1.165) is 33.6 Å². The SMILES string of the molecule is Cc1ccc(S(=O)(=O)N(CC(=O)N[C@@H](CC(C)C)c2ccccc2)c2cccc(C(F)(F)F)c2)cc1. The van der Waals surface area contributed by atoms with E-state index in [1.165, 1.54) is 18.2 Å². The van der Waals surface area contributed by atoms with Crippen molar-refractivity contribution in [3.63, 3.8) is 0 Å². The summed E-state index contributed by atoms with van der Waals surface area (Å²) >= 11 is 0. The number of amides is 1. The molecule has 3 aromatic carbocycles. The molecule has 1 amide bonds. The van der Waals surface area contributed by atoms with Crippen LogP contribution in [0.4, 0.5) is 18.9 Å². The van der Waals surface area contributed by atoms with Gasteiger partial charge in [-0.3, -0.25) is 9.10 Å². The van der Waals surface area contributed by atoms with E-state index < -0.39 is 34.2 Å². The zero-order valence-corrected chi connectivity index (χ0v) is 21.1. The van der Waals surface area contributed by atoms with Gasteiger partial charge in [-0.1, -0.05) is 67.9 Å². The van der Waals surface area contributed by atoms with Gasteiger partial charge in [0.1, 0.15) is 6.54 Å². The zero-order chi connectivity index (χ0) is 26.5. The molecule has 5 nitrogen and oxygen atoms in total. The zero-order valence-electron chi connectivity index (χ0n) is 20.3. The number of rotatable bonds is 9. The Morgan fingerprint density at radius 3 is 2.17 bits per heavy atom. The average molecular weight is 519 g/mol. The third-order valence-electron chi connectivity index (χ3n) is 5.60. The van der Waals surface area contributed by atoms with Gasteiger partial charge in [-0.2, -0.15) is 13.2 Å². The number of benzene rings is 3. The molecule has 0 fully saturated rings. The van der Waals surface area contributed by atoms with Gasteiger partial charge >= 0.3 is 6.18 Å². The summed E-state index contributed by atoms with van der Waals surface area (Å²) in [5, 5.41) is 2.88. The summed E-state index contributed by atoms with van der Waals surface area (Å²) in [5.41, 5.74) is 0.412. The van der Waals surface area contributed by atoms with Crippen LogP contribution >= 0.6 is 0 Å². The molecule has 0 aromatic heterocycles. The minimum Gasteiger partial charge on any atom is -0.348 e. The first kappa shape index (κ1) is 27.3. The molecule has 0 heterocycles. The van der Waals surface area contributed by atoms with Gasteiger partial charge < -0.3 is 5.32 Å². The lowest BCUT2D eigenvalue weighted by Crippen LogP contribution is -2.42. The van der Waals surface area contributed by atoms with Crippen molar-refractivity contribution in [3.05, 3.63) is 95.6 Å². The van der Waals surface area contributed by atoms with Crippen molar-refractivity contribution in [3.8, 4) is 0 Å². The molecule has 0 aliphatic rings. The number of alkyl halides is 3. The first-order valence-electron chi connectivity index (χ1n) is 11.5. The number of sulfonamides is 1. The molecular formula is C27H29F3N2O3S. The van der Waals surface area contributed by atoms with Crippen molar-refractivity contribution in [2.24, 2.45) is 5.92 Å². The van der Waals surface area contributed by atoms with Crippen LogP contribution in [-0.2, 0) is 21.0 Å². The van der Waals surface area contributed by atoms with Crippen molar-refractivity contribution < 1.29 is 26.4 Å². The van der Waals surface area contributed by atoms with Gasteiger partial charge in [0.05, 0.1) is 22.2 Å². The van der Waals surface area contributed by atoms with Crippen molar-refractivity contribution in [1.82, 2.24) is 5.32 Å². The Morgan fingerprint density at radius 2 is 1.58 bits per heavy atom. The maximum absolute atomic E-state index is 13.5. The Hall–Kier alpha value is -3.33. The Morgan fingerprint density at radius 1 is 0.944 bits per heavy atom. The Labute approximate surface area is 210 Å². The molecule has 3 rings (SSSR count). The smallest absolute Gasteiger partial charge is 0.348 e. The predicted molar refractivity (Wildman–Crippen MR) is 134 cm³/mol. The fourth-order valence-corrected chi connectivity index (χ4v) is 5.21. The van der Waals surface area contributed by atoms with Crippen molar-refractivity contribution in [1.29, 1.82) is 0 Å². The number of aryl methyl sites for hydroxylation is 1. The molecule has 0 saturated heterocycles. The van der Waals surface area contributed by atoms with Gasteiger partial charge in [-0.05, 0) is 55.2 Å². The first-order valence-corrected chi connectivity index (χ1v) is 12.9. The van der Waals surface area contributed by atoms with Crippen LogP contribution in [0.1, 0.15) is 43.0 Å². The Kier molecular flexibility index (Phi) is 8.45. The lowest BCUT2D eigenvalue weighted by Gasteiger charge is -2.27. The van der Waals surface area contributed by atoms with Crippen LogP contribution < -0.4 is 9.62 Å². The number of hydrogen-bond acceptors (Lipinski definition) is 3. The monoisotopic (exact) mass is 518 g/mol. The number of carbonyl (C=O) groups is 1. The molecule has 36 heavy (non-hydrogen) atoms. The van der Waals surface area contributed by atoms with Crippen molar-refractivity contribution in [2.75, 3.05) is 10.8 Å². The summed E-state index contributed by atoms with van der Waals surface area (Å²) in [6.07, 6.45) is -4.07. The number of carbonyl (C=O) groups excluding carboxylic acids is 1. The lowest BCUT2D eigenvalue weighted by molar-refractivity contribution is -0.137. The minimum atomic E-state index is -4.67. The van der Waals surface area contributed by atoms with Crippen molar-refractivity contribution >= 4 is 21.6 Å². The van der Waals surface area contributed by atoms with Crippen LogP contribution in [0.15, 0.2) is 83.8 Å². The summed E-state index contributed by atoms with van der Waals surface area (Å²) in [7, 11) is -4.35. The Balaban J connectivity index is 1.99.